The van der Waals surface area contributed by atoms with Gasteiger partial charge in [0.25, 0.3) is 0 Å². The summed E-state index contributed by atoms with van der Waals surface area (Å²) in [5.74, 6) is 0.625. The van der Waals surface area contributed by atoms with E-state index in [0.29, 0.717) is 25.0 Å². The fraction of sp³-hybridized carbons (Fsp3) is 0.857. The van der Waals surface area contributed by atoms with E-state index in [0.717, 1.165) is 25.7 Å². The zero-order chi connectivity index (χ0) is 25.6. The third-order valence-corrected chi connectivity index (χ3v) is 12.9. The van der Waals surface area contributed by atoms with Gasteiger partial charge in [0, 0.05) is 34.0 Å². The molecular weight excluding hydrogens is 462 g/mol. The fourth-order valence-electron chi connectivity index (χ4n) is 9.53. The highest BCUT2D eigenvalue weighted by atomic mass is 32.2. The molecule has 5 rings (SSSR count). The van der Waals surface area contributed by atoms with Crippen LogP contribution in [0.3, 0.4) is 0 Å². The van der Waals surface area contributed by atoms with E-state index in [4.69, 9.17) is 10.5 Å². The second-order valence-electron chi connectivity index (χ2n) is 13.0. The molecule has 5 fully saturated rings. The molecule has 0 saturated heterocycles. The van der Waals surface area contributed by atoms with E-state index in [-0.39, 0.29) is 57.0 Å². The number of thioether (sulfide) groups is 1. The lowest BCUT2D eigenvalue weighted by Gasteiger charge is -2.51. The predicted molar refractivity (Wildman–Crippen MR) is 137 cm³/mol. The Hall–Kier alpha value is -0.890. The van der Waals surface area contributed by atoms with Crippen LogP contribution in [0.25, 0.3) is 0 Å². The van der Waals surface area contributed by atoms with Crippen LogP contribution >= 0.6 is 11.8 Å². The molecule has 0 aromatic heterocycles. The van der Waals surface area contributed by atoms with Gasteiger partial charge in [-0.3, -0.25) is 9.59 Å². The third kappa shape index (κ3) is 3.26. The van der Waals surface area contributed by atoms with Gasteiger partial charge in [0.2, 0.25) is 0 Å². The molecular formula is C28H43NO5S. The Balaban J connectivity index is 1.42. The van der Waals surface area contributed by atoms with Gasteiger partial charge < -0.3 is 20.7 Å². The minimum absolute atomic E-state index is 0.00580. The summed E-state index contributed by atoms with van der Waals surface area (Å²) in [7, 11) is 0. The maximum absolute atomic E-state index is 13.4. The van der Waals surface area contributed by atoms with Gasteiger partial charge in [-0.1, -0.05) is 33.8 Å². The molecule has 5 aliphatic carbocycles. The molecule has 2 spiro atoms. The molecule has 2 unspecified atom stereocenters. The zero-order valence-electron chi connectivity index (χ0n) is 21.7. The van der Waals surface area contributed by atoms with Crippen LogP contribution in [-0.2, 0) is 14.3 Å². The maximum atomic E-state index is 13.4. The van der Waals surface area contributed by atoms with E-state index < -0.39 is 23.7 Å². The van der Waals surface area contributed by atoms with Crippen molar-refractivity contribution in [2.45, 2.75) is 102 Å². The summed E-state index contributed by atoms with van der Waals surface area (Å²) >= 11 is 1.46. The Morgan fingerprint density at radius 2 is 1.97 bits per heavy atom. The Kier molecular flexibility index (Phi) is 6.11. The number of aliphatic hydroxyl groups excluding tert-OH is 2. The van der Waals surface area contributed by atoms with E-state index in [1.807, 2.05) is 13.0 Å². The quantitative estimate of drug-likeness (QED) is 0.388. The topological polar surface area (TPSA) is 110 Å². The number of hydrogen-bond donors (Lipinski definition) is 3. The average Bonchev–Trinajstić information content (AvgIpc) is 3.18. The minimum atomic E-state index is -0.648. The summed E-state index contributed by atoms with van der Waals surface area (Å²) in [6.07, 6.45) is 5.24. The molecule has 4 N–H and O–H groups in total. The van der Waals surface area contributed by atoms with E-state index in [1.165, 1.54) is 11.8 Å². The molecule has 12 atom stereocenters. The molecule has 5 saturated carbocycles. The predicted octanol–water partition coefficient (Wildman–Crippen LogP) is 3.48. The van der Waals surface area contributed by atoms with Gasteiger partial charge in [-0.05, 0) is 61.7 Å². The molecule has 0 bridgehead atoms. The Morgan fingerprint density at radius 3 is 2.63 bits per heavy atom. The molecule has 7 heteroatoms. The first kappa shape index (κ1) is 25.7. The van der Waals surface area contributed by atoms with Gasteiger partial charge in [0.1, 0.15) is 11.9 Å². The summed E-state index contributed by atoms with van der Waals surface area (Å²) in [5.41, 5.74) is 4.43. The first-order chi connectivity index (χ1) is 16.4. The molecule has 0 heterocycles. The van der Waals surface area contributed by atoms with Crippen LogP contribution in [0.4, 0.5) is 0 Å². The highest BCUT2D eigenvalue weighted by Gasteiger charge is 2.92. The van der Waals surface area contributed by atoms with Crippen molar-refractivity contribution in [3.8, 4) is 0 Å². The van der Waals surface area contributed by atoms with Crippen molar-refractivity contribution in [1.29, 1.82) is 0 Å². The normalized spacial score (nSPS) is 54.9. The number of aliphatic hydroxyl groups is 2. The lowest BCUT2D eigenvalue weighted by molar-refractivity contribution is -0.168. The lowest BCUT2D eigenvalue weighted by Crippen LogP contribution is -2.53. The number of ketones is 1. The molecule has 0 aromatic rings. The van der Waals surface area contributed by atoms with Crippen molar-refractivity contribution in [3.05, 3.63) is 12.7 Å². The van der Waals surface area contributed by atoms with Crippen molar-refractivity contribution in [2.24, 2.45) is 45.1 Å². The van der Waals surface area contributed by atoms with E-state index in [9.17, 15) is 19.8 Å². The number of esters is 1. The molecule has 0 aromatic carbocycles. The summed E-state index contributed by atoms with van der Waals surface area (Å²) in [6, 6.07) is 0.0262. The molecule has 196 valence electrons. The van der Waals surface area contributed by atoms with Crippen molar-refractivity contribution < 1.29 is 24.5 Å². The van der Waals surface area contributed by atoms with Crippen molar-refractivity contribution in [2.75, 3.05) is 5.75 Å². The van der Waals surface area contributed by atoms with E-state index in [2.05, 4.69) is 27.4 Å². The first-order valence-electron chi connectivity index (χ1n) is 13.5. The van der Waals surface area contributed by atoms with E-state index in [1.54, 1.807) is 0 Å². The summed E-state index contributed by atoms with van der Waals surface area (Å²) in [4.78, 5) is 26.6. The smallest absolute Gasteiger partial charge is 0.316 e. The van der Waals surface area contributed by atoms with Crippen LogP contribution in [0.5, 0.6) is 0 Å². The standard InChI is InChI=1S/C28H43NO5S/c1-6-25(4)13-21(34-22(32)14-35-19-8-7-17(29)11-18(19)30)26(5)15(2)12-28-20(31)9-10-27(28,24(26)28)16(3)23(25)33/h6,15-19,21,23-24,30,33H,1,7-14,29H2,2-5H3/t15?,16-,17+,18+,19+,21+,23-,24-,25+,26-,27+,28?/m0/s1. The number of hydrogen-bond acceptors (Lipinski definition) is 7. The number of Topliss-reactive ketones (excluding diaryl/α,β-unsaturated/α-hetero) is 1. The summed E-state index contributed by atoms with van der Waals surface area (Å²) < 4.78 is 6.31. The van der Waals surface area contributed by atoms with Gasteiger partial charge in [0.05, 0.1) is 18.0 Å². The van der Waals surface area contributed by atoms with Crippen LogP contribution in [0.2, 0.25) is 0 Å². The monoisotopic (exact) mass is 505 g/mol. The van der Waals surface area contributed by atoms with Gasteiger partial charge in [0.15, 0.2) is 0 Å². The molecule has 0 amide bonds. The highest BCUT2D eigenvalue weighted by molar-refractivity contribution is 8.00. The van der Waals surface area contributed by atoms with Crippen LogP contribution < -0.4 is 5.73 Å². The number of rotatable bonds is 5. The van der Waals surface area contributed by atoms with Gasteiger partial charge >= 0.3 is 5.97 Å². The Morgan fingerprint density at radius 1 is 1.26 bits per heavy atom. The fourth-order valence-corrected chi connectivity index (χ4v) is 10.6. The first-order valence-corrected chi connectivity index (χ1v) is 14.5. The zero-order valence-corrected chi connectivity index (χ0v) is 22.5. The Bertz CT molecular complexity index is 927. The molecule has 0 radical (unpaired) electrons. The van der Waals surface area contributed by atoms with E-state index >= 15 is 0 Å². The molecule has 35 heavy (non-hydrogen) atoms. The second kappa shape index (κ2) is 8.31. The second-order valence-corrected chi connectivity index (χ2v) is 14.2. The van der Waals surface area contributed by atoms with Crippen LogP contribution in [0.15, 0.2) is 12.7 Å². The van der Waals surface area contributed by atoms with Crippen LogP contribution in [0.1, 0.15) is 72.6 Å². The van der Waals surface area contributed by atoms with Crippen LogP contribution in [-0.4, -0.2) is 57.3 Å². The number of nitrogens with two attached hydrogens (primary N) is 1. The Labute approximate surface area is 213 Å². The number of carbonyl (C=O) groups excluding carboxylic acids is 2. The third-order valence-electron chi connectivity index (χ3n) is 11.6. The summed E-state index contributed by atoms with van der Waals surface area (Å²) in [5, 5.41) is 22.0. The SMILES string of the molecule is C=C[C@]1(C)C[C@@H](OC(=O)CS[C@@H]2CC[C@@H](N)C[C@H]2O)[C@]2(C)C(C)CC34C(=O)CC[C@@]3([C@@H](C)[C@@H]1O)[C@@H]42. The molecule has 5 aliphatic rings. The van der Waals surface area contributed by atoms with Crippen molar-refractivity contribution >= 4 is 23.5 Å². The van der Waals surface area contributed by atoms with Gasteiger partial charge in [-0.2, -0.15) is 0 Å². The molecule has 0 aliphatic heterocycles. The molecule has 6 nitrogen and oxygen atoms in total. The number of carbonyl (C=O) groups is 2. The lowest BCUT2D eigenvalue weighted by atomic mass is 9.57. The van der Waals surface area contributed by atoms with Crippen LogP contribution in [0, 0.1) is 39.4 Å². The minimum Gasteiger partial charge on any atom is -0.461 e. The average molecular weight is 506 g/mol. The summed E-state index contributed by atoms with van der Waals surface area (Å²) in [6.45, 7) is 12.7. The largest absolute Gasteiger partial charge is 0.461 e. The van der Waals surface area contributed by atoms with Crippen molar-refractivity contribution in [3.63, 3.8) is 0 Å². The van der Waals surface area contributed by atoms with Gasteiger partial charge in [-0.15, -0.1) is 18.3 Å². The number of ether oxygens (including phenoxy) is 1. The maximum Gasteiger partial charge on any atom is 0.316 e. The van der Waals surface area contributed by atoms with Crippen molar-refractivity contribution in [1.82, 2.24) is 0 Å². The highest BCUT2D eigenvalue weighted by Crippen LogP contribution is 2.91. The van der Waals surface area contributed by atoms with Gasteiger partial charge in [-0.25, -0.2) is 0 Å².